The summed E-state index contributed by atoms with van der Waals surface area (Å²) in [6, 6.07) is 11.3. The number of nitro benzene ring substituents is 1. The van der Waals surface area contributed by atoms with Gasteiger partial charge in [0, 0.05) is 23.4 Å². The molecule has 0 heterocycles. The summed E-state index contributed by atoms with van der Waals surface area (Å²) in [6.07, 6.45) is 4.56. The Morgan fingerprint density at radius 3 is 2.88 bits per heavy atom. The van der Waals surface area contributed by atoms with Crippen LogP contribution in [-0.2, 0) is 4.79 Å². The highest BCUT2D eigenvalue weighted by Gasteiger charge is 2.04. The largest absolute Gasteiger partial charge is 0.484 e. The number of non-ortho nitro benzene ring substituents is 1. The minimum atomic E-state index is -0.464. The van der Waals surface area contributed by atoms with Gasteiger partial charge in [0.15, 0.2) is 6.61 Å². The maximum Gasteiger partial charge on any atom is 0.277 e. The quantitative estimate of drug-likeness (QED) is 0.454. The predicted octanol–water partition coefficient (Wildman–Crippen LogP) is 3.75. The van der Waals surface area contributed by atoms with Crippen LogP contribution < -0.4 is 10.2 Å². The standard InChI is InChI=1S/C18H16ClN3O4/c1-13-10-16(7-8-17(13)19)26-12-18(23)21-20-9-3-5-14-4-2-6-15(11-14)22(24)25/h2-11H,12H2,1H3,(H,21,23)/b5-3+,20-9+. The molecule has 0 spiro atoms. The van der Waals surface area contributed by atoms with Crippen LogP contribution in [0.25, 0.3) is 6.08 Å². The number of nitrogens with one attached hydrogen (secondary N) is 1. The third kappa shape index (κ3) is 6.03. The lowest BCUT2D eigenvalue weighted by molar-refractivity contribution is -0.384. The fourth-order valence-electron chi connectivity index (χ4n) is 1.94. The molecule has 0 unspecified atom stereocenters. The molecule has 7 nitrogen and oxygen atoms in total. The van der Waals surface area contributed by atoms with E-state index in [9.17, 15) is 14.9 Å². The molecule has 2 rings (SSSR count). The molecule has 1 N–H and O–H groups in total. The Morgan fingerprint density at radius 2 is 2.15 bits per heavy atom. The highest BCUT2D eigenvalue weighted by molar-refractivity contribution is 6.31. The molecule has 0 fully saturated rings. The van der Waals surface area contributed by atoms with Gasteiger partial charge in [0.25, 0.3) is 11.6 Å². The van der Waals surface area contributed by atoms with Crippen molar-refractivity contribution in [2.75, 3.05) is 6.61 Å². The van der Waals surface area contributed by atoms with E-state index >= 15 is 0 Å². The molecule has 0 radical (unpaired) electrons. The van der Waals surface area contributed by atoms with E-state index in [0.29, 0.717) is 16.3 Å². The molecule has 0 aliphatic heterocycles. The lowest BCUT2D eigenvalue weighted by Crippen LogP contribution is -2.24. The third-order valence-electron chi connectivity index (χ3n) is 3.22. The Morgan fingerprint density at radius 1 is 1.35 bits per heavy atom. The summed E-state index contributed by atoms with van der Waals surface area (Å²) in [6.45, 7) is 1.65. The molecule has 0 aliphatic carbocycles. The zero-order chi connectivity index (χ0) is 18.9. The van der Waals surface area contributed by atoms with E-state index in [0.717, 1.165) is 5.56 Å². The Kier molecular flexibility index (Phi) is 6.87. The average Bonchev–Trinajstić information content (AvgIpc) is 2.62. The molecule has 2 aromatic rings. The molecule has 1 amide bonds. The topological polar surface area (TPSA) is 93.8 Å². The number of nitro groups is 1. The fraction of sp³-hybridized carbons (Fsp3) is 0.111. The summed E-state index contributed by atoms with van der Waals surface area (Å²) in [5.41, 5.74) is 3.83. The molecule has 2 aromatic carbocycles. The first-order valence-corrected chi connectivity index (χ1v) is 7.95. The zero-order valence-corrected chi connectivity index (χ0v) is 14.6. The molecular weight excluding hydrogens is 358 g/mol. The second-order valence-electron chi connectivity index (χ2n) is 5.22. The van der Waals surface area contributed by atoms with E-state index in [2.05, 4.69) is 10.5 Å². The molecular formula is C18H16ClN3O4. The van der Waals surface area contributed by atoms with E-state index in [1.807, 2.05) is 6.92 Å². The van der Waals surface area contributed by atoms with Gasteiger partial charge >= 0.3 is 0 Å². The number of hydrazone groups is 1. The summed E-state index contributed by atoms with van der Waals surface area (Å²) in [5, 5.41) is 15.1. The van der Waals surface area contributed by atoms with Crippen molar-refractivity contribution < 1.29 is 14.5 Å². The molecule has 26 heavy (non-hydrogen) atoms. The Bertz CT molecular complexity index is 865. The summed E-state index contributed by atoms with van der Waals surface area (Å²) in [7, 11) is 0. The number of carbonyl (C=O) groups is 1. The molecule has 134 valence electrons. The van der Waals surface area contributed by atoms with Crippen LogP contribution in [0.2, 0.25) is 5.02 Å². The molecule has 0 aromatic heterocycles. The third-order valence-corrected chi connectivity index (χ3v) is 3.64. The summed E-state index contributed by atoms with van der Waals surface area (Å²) >= 11 is 5.92. The lowest BCUT2D eigenvalue weighted by atomic mass is 10.2. The first-order valence-electron chi connectivity index (χ1n) is 7.57. The number of aryl methyl sites for hydroxylation is 1. The second-order valence-corrected chi connectivity index (χ2v) is 5.63. The number of amides is 1. The zero-order valence-electron chi connectivity index (χ0n) is 13.9. The van der Waals surface area contributed by atoms with Crippen LogP contribution in [0.15, 0.2) is 53.6 Å². The van der Waals surface area contributed by atoms with Gasteiger partial charge in [-0.25, -0.2) is 5.43 Å². The van der Waals surface area contributed by atoms with Gasteiger partial charge in [-0.1, -0.05) is 29.8 Å². The van der Waals surface area contributed by atoms with Gasteiger partial charge in [0.05, 0.1) is 4.92 Å². The normalized spacial score (nSPS) is 11.0. The van der Waals surface area contributed by atoms with Gasteiger partial charge < -0.3 is 4.74 Å². The number of hydrogen-bond acceptors (Lipinski definition) is 5. The Labute approximate surface area is 155 Å². The number of halogens is 1. The van der Waals surface area contributed by atoms with Crippen molar-refractivity contribution >= 4 is 35.5 Å². The number of allylic oxidation sites excluding steroid dienone is 1. The Balaban J connectivity index is 1.78. The first-order chi connectivity index (χ1) is 12.5. The predicted molar refractivity (Wildman–Crippen MR) is 100 cm³/mol. The molecule has 0 aliphatic rings. The van der Waals surface area contributed by atoms with Crippen molar-refractivity contribution in [3.05, 3.63) is 74.8 Å². The first kappa shape index (κ1) is 19.1. The van der Waals surface area contributed by atoms with Gasteiger partial charge in [0.1, 0.15) is 5.75 Å². The summed E-state index contributed by atoms with van der Waals surface area (Å²) in [5.74, 6) is 0.120. The average molecular weight is 374 g/mol. The lowest BCUT2D eigenvalue weighted by Gasteiger charge is -2.06. The van der Waals surface area contributed by atoms with Gasteiger partial charge in [-0.3, -0.25) is 14.9 Å². The maximum atomic E-state index is 11.6. The van der Waals surface area contributed by atoms with Crippen molar-refractivity contribution in [2.45, 2.75) is 6.92 Å². The molecule has 0 saturated heterocycles. The minimum Gasteiger partial charge on any atom is -0.484 e. The fourth-order valence-corrected chi connectivity index (χ4v) is 2.05. The SMILES string of the molecule is Cc1cc(OCC(=O)N/N=C/C=C/c2cccc([N+](=O)[O-])c2)ccc1Cl. The molecule has 0 saturated carbocycles. The second kappa shape index (κ2) is 9.33. The number of ether oxygens (including phenoxy) is 1. The van der Waals surface area contributed by atoms with Crippen LogP contribution in [0.5, 0.6) is 5.75 Å². The van der Waals surface area contributed by atoms with Crippen LogP contribution in [0.4, 0.5) is 5.69 Å². The van der Waals surface area contributed by atoms with Gasteiger partial charge in [-0.05, 0) is 42.3 Å². The van der Waals surface area contributed by atoms with Crippen molar-refractivity contribution in [3.63, 3.8) is 0 Å². The van der Waals surface area contributed by atoms with E-state index in [4.69, 9.17) is 16.3 Å². The van der Waals surface area contributed by atoms with Gasteiger partial charge in [-0.2, -0.15) is 5.10 Å². The van der Waals surface area contributed by atoms with E-state index in [1.165, 1.54) is 18.3 Å². The molecule has 0 bridgehead atoms. The number of rotatable bonds is 7. The van der Waals surface area contributed by atoms with Gasteiger partial charge in [-0.15, -0.1) is 0 Å². The van der Waals surface area contributed by atoms with Crippen molar-refractivity contribution in [3.8, 4) is 5.75 Å². The van der Waals surface area contributed by atoms with Crippen LogP contribution >= 0.6 is 11.6 Å². The maximum absolute atomic E-state index is 11.6. The van der Waals surface area contributed by atoms with Crippen molar-refractivity contribution in [1.82, 2.24) is 5.43 Å². The summed E-state index contributed by atoms with van der Waals surface area (Å²) in [4.78, 5) is 21.9. The molecule has 0 atom stereocenters. The van der Waals surface area contributed by atoms with Gasteiger partial charge in [0.2, 0.25) is 0 Å². The van der Waals surface area contributed by atoms with Crippen molar-refractivity contribution in [2.24, 2.45) is 5.10 Å². The van der Waals surface area contributed by atoms with Crippen LogP contribution in [-0.4, -0.2) is 23.7 Å². The van der Waals surface area contributed by atoms with E-state index in [-0.39, 0.29) is 12.3 Å². The van der Waals surface area contributed by atoms with Crippen LogP contribution in [0, 0.1) is 17.0 Å². The van der Waals surface area contributed by atoms with Crippen LogP contribution in [0.3, 0.4) is 0 Å². The minimum absolute atomic E-state index is 0.00646. The smallest absolute Gasteiger partial charge is 0.277 e. The highest BCUT2D eigenvalue weighted by Crippen LogP contribution is 2.20. The highest BCUT2D eigenvalue weighted by atomic mass is 35.5. The monoisotopic (exact) mass is 373 g/mol. The molecule has 8 heteroatoms. The number of carbonyl (C=O) groups excluding carboxylic acids is 1. The van der Waals surface area contributed by atoms with E-state index in [1.54, 1.807) is 42.5 Å². The van der Waals surface area contributed by atoms with Crippen molar-refractivity contribution in [1.29, 1.82) is 0 Å². The Hall–Kier alpha value is -3.19. The number of hydrogen-bond donors (Lipinski definition) is 1. The van der Waals surface area contributed by atoms with Crippen LogP contribution in [0.1, 0.15) is 11.1 Å². The number of benzene rings is 2. The summed E-state index contributed by atoms with van der Waals surface area (Å²) < 4.78 is 5.34. The van der Waals surface area contributed by atoms with E-state index < -0.39 is 10.8 Å². The number of nitrogens with zero attached hydrogens (tertiary/aromatic N) is 2.